The summed E-state index contributed by atoms with van der Waals surface area (Å²) in [4.78, 5) is 14.3. The van der Waals surface area contributed by atoms with Gasteiger partial charge < -0.3 is 4.74 Å². The van der Waals surface area contributed by atoms with Crippen molar-refractivity contribution >= 4 is 6.09 Å². The maximum absolute atomic E-state index is 12.3. The summed E-state index contributed by atoms with van der Waals surface area (Å²) in [6.45, 7) is 8.04. The second-order valence-corrected chi connectivity index (χ2v) is 7.17. The van der Waals surface area contributed by atoms with E-state index in [-0.39, 0.29) is 12.1 Å². The minimum atomic E-state index is -0.401. The van der Waals surface area contributed by atoms with Gasteiger partial charge in [-0.25, -0.2) is 4.79 Å². The first-order chi connectivity index (χ1) is 9.40. The molecular weight excluding hydrogens is 250 g/mol. The minimum Gasteiger partial charge on any atom is -0.444 e. The molecule has 2 heterocycles. The molecule has 2 aliphatic rings. The molecule has 0 radical (unpaired) electrons. The molecule has 2 bridgehead atoms. The number of fused-ring (bicyclic) bond motifs is 2. The topological polar surface area (TPSA) is 29.5 Å². The number of ether oxygens (including phenoxy) is 1. The number of carbonyl (C=O) groups excluding carboxylic acids is 1. The lowest BCUT2D eigenvalue weighted by Gasteiger charge is -2.35. The highest BCUT2D eigenvalue weighted by Gasteiger charge is 2.41. The summed E-state index contributed by atoms with van der Waals surface area (Å²) in [6, 6.07) is 0.650. The van der Waals surface area contributed by atoms with Crippen molar-refractivity contribution in [3.05, 3.63) is 11.6 Å². The van der Waals surface area contributed by atoms with Crippen molar-refractivity contribution in [2.24, 2.45) is 0 Å². The van der Waals surface area contributed by atoms with Crippen LogP contribution in [0.4, 0.5) is 4.79 Å². The fraction of sp³-hybridized carbons (Fsp3) is 0.824. The summed E-state index contributed by atoms with van der Waals surface area (Å²) < 4.78 is 5.55. The quantitative estimate of drug-likeness (QED) is 0.553. The van der Waals surface area contributed by atoms with Crippen molar-refractivity contribution in [3.63, 3.8) is 0 Å². The van der Waals surface area contributed by atoms with Gasteiger partial charge >= 0.3 is 6.09 Å². The van der Waals surface area contributed by atoms with Gasteiger partial charge in [-0.2, -0.15) is 0 Å². The summed E-state index contributed by atoms with van der Waals surface area (Å²) in [5.74, 6) is 0. The maximum atomic E-state index is 12.3. The Labute approximate surface area is 123 Å². The maximum Gasteiger partial charge on any atom is 0.411 e. The first-order valence-corrected chi connectivity index (χ1v) is 8.11. The van der Waals surface area contributed by atoms with Crippen molar-refractivity contribution in [3.8, 4) is 0 Å². The Kier molecular flexibility index (Phi) is 4.77. The molecule has 3 heteroatoms. The second kappa shape index (κ2) is 6.19. The van der Waals surface area contributed by atoms with Gasteiger partial charge in [-0.05, 0) is 52.9 Å². The average Bonchev–Trinajstić information content (AvgIpc) is 2.60. The zero-order chi connectivity index (χ0) is 14.8. The molecule has 2 unspecified atom stereocenters. The lowest BCUT2D eigenvalue weighted by Crippen LogP contribution is -2.45. The van der Waals surface area contributed by atoms with Gasteiger partial charge in [-0.3, -0.25) is 4.90 Å². The number of nitrogens with zero attached hydrogens (tertiary/aromatic N) is 1. The third-order valence-corrected chi connectivity index (χ3v) is 4.18. The van der Waals surface area contributed by atoms with Crippen molar-refractivity contribution in [2.45, 2.75) is 90.3 Å². The minimum absolute atomic E-state index is 0.131. The highest BCUT2D eigenvalue weighted by Crippen LogP contribution is 2.37. The first-order valence-electron chi connectivity index (χ1n) is 8.11. The van der Waals surface area contributed by atoms with Gasteiger partial charge in [-0.15, -0.1) is 0 Å². The molecule has 1 saturated heterocycles. The average molecular weight is 279 g/mol. The Hall–Kier alpha value is -0.990. The number of unbranched alkanes of at least 4 members (excludes halogenated alkanes) is 2. The molecule has 0 N–H and O–H groups in total. The van der Waals surface area contributed by atoms with Crippen LogP contribution in [-0.2, 0) is 4.74 Å². The van der Waals surface area contributed by atoms with E-state index in [1.165, 1.54) is 25.7 Å². The summed E-state index contributed by atoms with van der Waals surface area (Å²) >= 11 is 0. The van der Waals surface area contributed by atoms with Crippen LogP contribution in [-0.4, -0.2) is 28.7 Å². The van der Waals surface area contributed by atoms with Crippen LogP contribution in [0.2, 0.25) is 0 Å². The van der Waals surface area contributed by atoms with Gasteiger partial charge in [0.2, 0.25) is 0 Å². The SMILES string of the molecule is CCCCCC1=CC2CCC(C1)N2C(=O)OC(C)(C)C. The van der Waals surface area contributed by atoms with Gasteiger partial charge in [0.15, 0.2) is 0 Å². The van der Waals surface area contributed by atoms with E-state index >= 15 is 0 Å². The molecule has 0 aromatic rings. The standard InChI is InChI=1S/C17H29NO2/c1-5-6-7-8-13-11-14-9-10-15(12-13)18(14)16(19)20-17(2,3)4/h11,14-15H,5-10,12H2,1-4H3. The van der Waals surface area contributed by atoms with Crippen LogP contribution in [0, 0.1) is 0 Å². The second-order valence-electron chi connectivity index (χ2n) is 7.17. The number of rotatable bonds is 4. The summed E-state index contributed by atoms with van der Waals surface area (Å²) in [6.07, 6.45) is 10.6. The lowest BCUT2D eigenvalue weighted by molar-refractivity contribution is 0.0166. The van der Waals surface area contributed by atoms with Gasteiger partial charge in [0.1, 0.15) is 5.60 Å². The van der Waals surface area contributed by atoms with Crippen molar-refractivity contribution in [1.29, 1.82) is 0 Å². The normalized spacial score (nSPS) is 25.6. The monoisotopic (exact) mass is 279 g/mol. The number of hydrogen-bond acceptors (Lipinski definition) is 2. The van der Waals surface area contributed by atoms with Crippen molar-refractivity contribution < 1.29 is 9.53 Å². The van der Waals surface area contributed by atoms with Crippen molar-refractivity contribution in [1.82, 2.24) is 4.90 Å². The Balaban J connectivity index is 1.96. The zero-order valence-electron chi connectivity index (χ0n) is 13.4. The molecule has 1 amide bonds. The summed E-state index contributed by atoms with van der Waals surface area (Å²) in [5, 5.41) is 0. The molecule has 114 valence electrons. The Bertz CT molecular complexity index is 381. The Morgan fingerprint density at radius 1 is 1.35 bits per heavy atom. The fourth-order valence-corrected chi connectivity index (χ4v) is 3.31. The van der Waals surface area contributed by atoms with Crippen LogP contribution in [0.3, 0.4) is 0 Å². The van der Waals surface area contributed by atoms with E-state index in [9.17, 15) is 4.79 Å². The smallest absolute Gasteiger partial charge is 0.411 e. The van der Waals surface area contributed by atoms with Crippen molar-refractivity contribution in [2.75, 3.05) is 0 Å². The van der Waals surface area contributed by atoms with Crippen LogP contribution in [0.5, 0.6) is 0 Å². The fourth-order valence-electron chi connectivity index (χ4n) is 3.31. The van der Waals surface area contributed by atoms with Gasteiger partial charge in [0, 0.05) is 6.04 Å². The zero-order valence-corrected chi connectivity index (χ0v) is 13.4. The molecule has 0 aromatic carbocycles. The van der Waals surface area contributed by atoms with Crippen LogP contribution < -0.4 is 0 Å². The van der Waals surface area contributed by atoms with E-state index in [1.807, 2.05) is 25.7 Å². The van der Waals surface area contributed by atoms with E-state index in [4.69, 9.17) is 4.74 Å². The van der Waals surface area contributed by atoms with E-state index in [0.29, 0.717) is 6.04 Å². The Morgan fingerprint density at radius 3 is 2.70 bits per heavy atom. The largest absolute Gasteiger partial charge is 0.444 e. The molecule has 0 aromatic heterocycles. The van der Waals surface area contributed by atoms with Crippen LogP contribution in [0.25, 0.3) is 0 Å². The predicted molar refractivity (Wildman–Crippen MR) is 81.7 cm³/mol. The van der Waals surface area contributed by atoms with Gasteiger partial charge in [-0.1, -0.05) is 31.4 Å². The molecular formula is C17H29NO2. The predicted octanol–water partition coefficient (Wildman–Crippen LogP) is 4.66. The third kappa shape index (κ3) is 3.77. The molecule has 2 rings (SSSR count). The van der Waals surface area contributed by atoms with Crippen LogP contribution in [0.15, 0.2) is 11.6 Å². The Morgan fingerprint density at radius 2 is 2.10 bits per heavy atom. The van der Waals surface area contributed by atoms with E-state index in [1.54, 1.807) is 5.57 Å². The van der Waals surface area contributed by atoms with E-state index in [2.05, 4.69) is 13.0 Å². The molecule has 20 heavy (non-hydrogen) atoms. The summed E-state index contributed by atoms with van der Waals surface area (Å²) in [5.41, 5.74) is 1.16. The van der Waals surface area contributed by atoms with E-state index < -0.39 is 5.60 Å². The molecule has 0 spiro atoms. The molecule has 2 aliphatic heterocycles. The highest BCUT2D eigenvalue weighted by molar-refractivity contribution is 5.70. The van der Waals surface area contributed by atoms with Crippen LogP contribution in [0.1, 0.15) is 72.6 Å². The van der Waals surface area contributed by atoms with E-state index in [0.717, 1.165) is 19.3 Å². The number of carbonyl (C=O) groups is 1. The molecule has 1 fully saturated rings. The van der Waals surface area contributed by atoms with Gasteiger partial charge in [0.05, 0.1) is 6.04 Å². The van der Waals surface area contributed by atoms with Crippen LogP contribution >= 0.6 is 0 Å². The third-order valence-electron chi connectivity index (χ3n) is 4.18. The first kappa shape index (κ1) is 15.4. The highest BCUT2D eigenvalue weighted by atomic mass is 16.6. The molecule has 3 nitrogen and oxygen atoms in total. The van der Waals surface area contributed by atoms with Gasteiger partial charge in [0.25, 0.3) is 0 Å². The molecule has 0 aliphatic carbocycles. The lowest BCUT2D eigenvalue weighted by atomic mass is 9.96. The number of hydrogen-bond donors (Lipinski definition) is 0. The molecule has 0 saturated carbocycles. The molecule has 2 atom stereocenters. The number of amides is 1. The summed E-state index contributed by atoms with van der Waals surface area (Å²) in [7, 11) is 0.